The smallest absolute Gasteiger partial charge is 0.317 e. The van der Waals surface area contributed by atoms with E-state index in [1.807, 2.05) is 6.92 Å². The second-order valence-electron chi connectivity index (χ2n) is 6.23. The molecule has 4 N–H and O–H groups in total. The number of benzene rings is 2. The zero-order valence-electron chi connectivity index (χ0n) is 16.2. The molecule has 10 heteroatoms. The van der Waals surface area contributed by atoms with Gasteiger partial charge in [0.25, 0.3) is 0 Å². The van der Waals surface area contributed by atoms with Crippen LogP contribution in [0.2, 0.25) is 0 Å². The van der Waals surface area contributed by atoms with Crippen molar-refractivity contribution in [1.29, 1.82) is 0 Å². The molecule has 2 rings (SSSR count). The van der Waals surface area contributed by atoms with Gasteiger partial charge < -0.3 is 20.4 Å². The molecule has 0 heterocycles. The van der Waals surface area contributed by atoms with Crippen molar-refractivity contribution in [2.45, 2.75) is 46.0 Å². The maximum Gasteiger partial charge on any atom is 0.317 e. The normalized spacial score (nSPS) is 10.1. The maximum atomic E-state index is 10.2. The molecule has 0 atom stereocenters. The number of unbranched alkanes of at least 4 members (excludes halogenated alkanes) is 2. The van der Waals surface area contributed by atoms with E-state index in [2.05, 4.69) is 6.92 Å². The maximum absolute atomic E-state index is 10.2. The van der Waals surface area contributed by atoms with Crippen molar-refractivity contribution in [3.63, 3.8) is 0 Å². The summed E-state index contributed by atoms with van der Waals surface area (Å²) in [7, 11) is 0. The fourth-order valence-electron chi connectivity index (χ4n) is 2.60. The van der Waals surface area contributed by atoms with E-state index >= 15 is 0 Å². The average molecular weight is 408 g/mol. The van der Waals surface area contributed by atoms with Gasteiger partial charge in [-0.3, -0.25) is 20.2 Å². The molecule has 0 fully saturated rings. The van der Waals surface area contributed by atoms with Crippen LogP contribution < -0.4 is 0 Å². The van der Waals surface area contributed by atoms with Gasteiger partial charge in [0, 0.05) is 11.6 Å². The Kier molecular flexibility index (Phi) is 8.66. The van der Waals surface area contributed by atoms with E-state index in [0.717, 1.165) is 37.7 Å². The summed E-state index contributed by atoms with van der Waals surface area (Å²) in [4.78, 5) is 18.5. The minimum Gasteiger partial charge on any atom is -0.508 e. The van der Waals surface area contributed by atoms with Gasteiger partial charge in [0.05, 0.1) is 9.85 Å². The van der Waals surface area contributed by atoms with E-state index in [1.165, 1.54) is 0 Å². The van der Waals surface area contributed by atoms with E-state index in [4.69, 9.17) is 10.2 Å². The molecule has 10 nitrogen and oxygen atoms in total. The van der Waals surface area contributed by atoms with Gasteiger partial charge in [-0.05, 0) is 30.9 Å². The first-order valence-electron chi connectivity index (χ1n) is 9.01. The van der Waals surface area contributed by atoms with Crippen LogP contribution >= 0.6 is 0 Å². The summed E-state index contributed by atoms with van der Waals surface area (Å²) in [5, 5.41) is 57.9. The lowest BCUT2D eigenvalue weighted by atomic mass is 10.0. The molecule has 0 spiro atoms. The first kappa shape index (κ1) is 23.5. The fraction of sp³-hybridized carbons (Fsp3) is 0.368. The van der Waals surface area contributed by atoms with Crippen LogP contribution in [-0.2, 0) is 12.8 Å². The van der Waals surface area contributed by atoms with Crippen LogP contribution in [0.3, 0.4) is 0 Å². The topological polar surface area (TPSA) is 167 Å². The number of nitrogens with zero attached hydrogens (tertiary/aromatic N) is 2. The average Bonchev–Trinajstić information content (AvgIpc) is 2.64. The van der Waals surface area contributed by atoms with Gasteiger partial charge in [0.1, 0.15) is 17.6 Å². The number of rotatable bonds is 7. The third-order valence-electron chi connectivity index (χ3n) is 4.22. The van der Waals surface area contributed by atoms with Crippen molar-refractivity contribution in [1.82, 2.24) is 0 Å². The second-order valence-corrected chi connectivity index (χ2v) is 6.23. The van der Waals surface area contributed by atoms with Crippen LogP contribution in [0, 0.1) is 20.2 Å². The number of hydrogen-bond acceptors (Lipinski definition) is 8. The minimum absolute atomic E-state index is 0.223. The Labute approximate surface area is 167 Å². The number of hydrogen-bond donors (Lipinski definition) is 4. The molecule has 2 aromatic carbocycles. The van der Waals surface area contributed by atoms with E-state index in [0.29, 0.717) is 17.7 Å². The number of phenols is 4. The third-order valence-corrected chi connectivity index (χ3v) is 4.22. The quantitative estimate of drug-likeness (QED) is 0.298. The highest BCUT2D eigenvalue weighted by atomic mass is 16.6. The Morgan fingerprint density at radius 2 is 1.38 bits per heavy atom. The standard InChI is InChI=1S/C13H20O2.C6H4N2O6/c1-3-5-6-7-11-12(14)9-8-10(4-2)13(11)15;9-5-2-6(10)4(8(13)14)1-3(5)7(11)12/h8-9,14-15H,3-7H2,1-2H3;1-2,9-10H. The second kappa shape index (κ2) is 10.7. The van der Waals surface area contributed by atoms with Crippen molar-refractivity contribution >= 4 is 11.4 Å². The van der Waals surface area contributed by atoms with E-state index < -0.39 is 32.7 Å². The van der Waals surface area contributed by atoms with Gasteiger partial charge in [0.15, 0.2) is 11.5 Å². The summed E-state index contributed by atoms with van der Waals surface area (Å²) in [6.45, 7) is 4.14. The summed E-state index contributed by atoms with van der Waals surface area (Å²) in [5.41, 5.74) is -0.0221. The fourth-order valence-corrected chi connectivity index (χ4v) is 2.60. The van der Waals surface area contributed by atoms with Gasteiger partial charge in [-0.2, -0.15) is 0 Å². The monoisotopic (exact) mass is 408 g/mol. The van der Waals surface area contributed by atoms with Gasteiger partial charge >= 0.3 is 11.4 Å². The summed E-state index contributed by atoms with van der Waals surface area (Å²) in [6, 6.07) is 4.51. The van der Waals surface area contributed by atoms with Gasteiger partial charge in [-0.15, -0.1) is 0 Å². The Bertz CT molecular complexity index is 848. The lowest BCUT2D eigenvalue weighted by Crippen LogP contribution is -1.93. The molecule has 0 aliphatic heterocycles. The molecule has 0 unspecified atom stereocenters. The molecular formula is C19H24N2O8. The molecule has 0 aromatic heterocycles. The molecule has 2 aromatic rings. The van der Waals surface area contributed by atoms with Crippen molar-refractivity contribution < 1.29 is 30.3 Å². The lowest BCUT2D eigenvalue weighted by molar-refractivity contribution is -0.395. The molecule has 0 radical (unpaired) electrons. The zero-order chi connectivity index (χ0) is 22.1. The minimum atomic E-state index is -0.984. The number of nitro groups is 2. The van der Waals surface area contributed by atoms with E-state index in [9.17, 15) is 30.4 Å². The summed E-state index contributed by atoms with van der Waals surface area (Å²) >= 11 is 0. The van der Waals surface area contributed by atoms with Crippen LogP contribution in [0.4, 0.5) is 11.4 Å². The van der Waals surface area contributed by atoms with Crippen LogP contribution in [-0.4, -0.2) is 30.3 Å². The van der Waals surface area contributed by atoms with Gasteiger partial charge in [0.2, 0.25) is 0 Å². The molecule has 0 saturated carbocycles. The molecule has 158 valence electrons. The SMILES string of the molecule is CCCCCc1c(O)ccc(CC)c1O.O=[N+]([O-])c1cc([N+](=O)[O-])c(O)cc1O. The first-order chi connectivity index (χ1) is 13.6. The molecular weight excluding hydrogens is 384 g/mol. The highest BCUT2D eigenvalue weighted by Crippen LogP contribution is 2.37. The van der Waals surface area contributed by atoms with Crippen molar-refractivity contribution in [3.8, 4) is 23.0 Å². The van der Waals surface area contributed by atoms with Crippen molar-refractivity contribution in [2.24, 2.45) is 0 Å². The third kappa shape index (κ3) is 6.23. The molecule has 0 saturated heterocycles. The largest absolute Gasteiger partial charge is 0.508 e. The highest BCUT2D eigenvalue weighted by molar-refractivity contribution is 5.60. The number of nitro benzene ring substituents is 2. The zero-order valence-corrected chi connectivity index (χ0v) is 16.2. The van der Waals surface area contributed by atoms with Crippen molar-refractivity contribution in [3.05, 3.63) is 55.6 Å². The van der Waals surface area contributed by atoms with Gasteiger partial charge in [-0.25, -0.2) is 0 Å². The van der Waals surface area contributed by atoms with Crippen LogP contribution in [0.1, 0.15) is 44.2 Å². The Hall–Kier alpha value is -3.56. The Morgan fingerprint density at radius 3 is 1.83 bits per heavy atom. The lowest BCUT2D eigenvalue weighted by Gasteiger charge is -2.10. The Morgan fingerprint density at radius 1 is 0.828 bits per heavy atom. The number of aryl methyl sites for hydroxylation is 1. The Balaban J connectivity index is 0.000000291. The van der Waals surface area contributed by atoms with Gasteiger partial charge in [-0.1, -0.05) is 32.8 Å². The summed E-state index contributed by atoms with van der Waals surface area (Å²) in [6.07, 6.45) is 4.86. The predicted octanol–water partition coefficient (Wildman–Crippen LogP) is 4.31. The number of phenolic OH excluding ortho intramolecular Hbond substituents is 4. The van der Waals surface area contributed by atoms with E-state index in [1.54, 1.807) is 12.1 Å². The van der Waals surface area contributed by atoms with Crippen LogP contribution in [0.25, 0.3) is 0 Å². The molecule has 0 amide bonds. The van der Waals surface area contributed by atoms with Crippen LogP contribution in [0.15, 0.2) is 24.3 Å². The van der Waals surface area contributed by atoms with E-state index in [-0.39, 0.29) is 11.5 Å². The highest BCUT2D eigenvalue weighted by Gasteiger charge is 2.23. The summed E-state index contributed by atoms with van der Waals surface area (Å²) < 4.78 is 0. The van der Waals surface area contributed by atoms with Crippen molar-refractivity contribution in [2.75, 3.05) is 0 Å². The molecule has 29 heavy (non-hydrogen) atoms. The summed E-state index contributed by atoms with van der Waals surface area (Å²) in [5.74, 6) is -1.13. The number of aromatic hydroxyl groups is 4. The molecule has 0 aliphatic rings. The predicted molar refractivity (Wildman–Crippen MR) is 105 cm³/mol. The van der Waals surface area contributed by atoms with Crippen LogP contribution in [0.5, 0.6) is 23.0 Å². The molecule has 0 aliphatic carbocycles. The first-order valence-corrected chi connectivity index (χ1v) is 9.01. The molecule has 0 bridgehead atoms.